The molecule has 1 aliphatic rings. The van der Waals surface area contributed by atoms with Gasteiger partial charge in [0.2, 0.25) is 5.95 Å². The number of pyridine rings is 1. The molecule has 0 aliphatic heterocycles. The number of nitrogens with zero attached hydrogens (tertiary/aromatic N) is 5. The fourth-order valence-electron chi connectivity index (χ4n) is 4.78. The Bertz CT molecular complexity index is 2170. The maximum atomic E-state index is 15.2. The minimum atomic E-state index is -5.73. The standard InChI is InChI=1S/C31H9F12N5/c1-12(17-4-2-15(29(35,36)37)6-13(17)8-44)21-22(19(10-46)18-5-3-16(30(38,39)40)7-14(18)9-45)23(21)20(11-47)24-25(32)27(31(41,42)43)48-28(34)26(24)33/h2-7H,1H3/b21-12-,22-19?,23-20-. The van der Waals surface area contributed by atoms with Crippen molar-refractivity contribution < 1.29 is 52.7 Å². The third-order valence-electron chi connectivity index (χ3n) is 6.95. The molecule has 0 radical (unpaired) electrons. The first kappa shape index (κ1) is 34.8. The quantitative estimate of drug-likeness (QED) is 0.156. The van der Waals surface area contributed by atoms with E-state index in [4.69, 9.17) is 0 Å². The second-order valence-electron chi connectivity index (χ2n) is 9.72. The lowest BCUT2D eigenvalue weighted by atomic mass is 9.96. The lowest BCUT2D eigenvalue weighted by Gasteiger charge is -2.11. The predicted octanol–water partition coefficient (Wildman–Crippen LogP) is 9.04. The topological polar surface area (TPSA) is 108 Å². The molecule has 0 spiro atoms. The molecule has 5 nitrogen and oxygen atoms in total. The zero-order valence-corrected chi connectivity index (χ0v) is 23.2. The normalized spacial score (nSPS) is 16.3. The Kier molecular flexibility index (Phi) is 8.66. The third-order valence-corrected chi connectivity index (χ3v) is 6.95. The van der Waals surface area contributed by atoms with Crippen molar-refractivity contribution in [3.63, 3.8) is 0 Å². The lowest BCUT2D eigenvalue weighted by Crippen LogP contribution is -2.16. The Labute approximate surface area is 260 Å². The van der Waals surface area contributed by atoms with E-state index >= 15 is 4.39 Å². The Balaban J connectivity index is 2.21. The van der Waals surface area contributed by atoms with E-state index in [9.17, 15) is 69.3 Å². The molecule has 0 unspecified atom stereocenters. The van der Waals surface area contributed by atoms with E-state index in [1.807, 2.05) is 0 Å². The Morgan fingerprint density at radius 2 is 1.06 bits per heavy atom. The summed E-state index contributed by atoms with van der Waals surface area (Å²) in [7, 11) is 0. The van der Waals surface area contributed by atoms with Crippen LogP contribution in [0.1, 0.15) is 51.6 Å². The van der Waals surface area contributed by atoms with Gasteiger partial charge in [-0.3, -0.25) is 0 Å². The van der Waals surface area contributed by atoms with E-state index < -0.39 is 103 Å². The number of halogens is 12. The van der Waals surface area contributed by atoms with Crippen LogP contribution in [0, 0.1) is 62.9 Å². The summed E-state index contributed by atoms with van der Waals surface area (Å²) in [6.45, 7) is 1.08. The van der Waals surface area contributed by atoms with Crippen LogP contribution in [-0.2, 0) is 18.5 Å². The van der Waals surface area contributed by atoms with E-state index in [0.717, 1.165) is 13.0 Å². The van der Waals surface area contributed by atoms with Crippen molar-refractivity contribution in [2.45, 2.75) is 25.5 Å². The van der Waals surface area contributed by atoms with Crippen LogP contribution in [0.25, 0.3) is 16.7 Å². The van der Waals surface area contributed by atoms with Gasteiger partial charge in [-0.1, -0.05) is 12.1 Å². The van der Waals surface area contributed by atoms with Gasteiger partial charge in [0.05, 0.1) is 51.1 Å². The first-order chi connectivity index (χ1) is 22.2. The van der Waals surface area contributed by atoms with Crippen LogP contribution in [0.4, 0.5) is 52.7 Å². The van der Waals surface area contributed by atoms with Crippen LogP contribution in [-0.4, -0.2) is 4.98 Å². The smallest absolute Gasteiger partial charge is 0.209 e. The number of rotatable bonds is 3. The number of benzene rings is 2. The molecule has 1 aromatic heterocycles. The Morgan fingerprint density at radius 1 is 0.604 bits per heavy atom. The first-order valence-corrected chi connectivity index (χ1v) is 12.6. The van der Waals surface area contributed by atoms with Gasteiger partial charge in [-0.25, -0.2) is 13.8 Å². The lowest BCUT2D eigenvalue weighted by molar-refractivity contribution is -0.144. The minimum Gasteiger partial charge on any atom is -0.209 e. The van der Waals surface area contributed by atoms with Gasteiger partial charge in [0.1, 0.15) is 12.1 Å². The van der Waals surface area contributed by atoms with Crippen molar-refractivity contribution >= 4 is 16.7 Å². The first-order valence-electron chi connectivity index (χ1n) is 12.6. The number of allylic oxidation sites excluding steroid dienone is 6. The van der Waals surface area contributed by atoms with E-state index in [1.165, 1.54) is 18.2 Å². The Hall–Kier alpha value is -6.07. The molecule has 1 aliphatic carbocycles. The van der Waals surface area contributed by atoms with Gasteiger partial charge in [-0.15, -0.1) is 0 Å². The molecule has 2 aromatic carbocycles. The summed E-state index contributed by atoms with van der Waals surface area (Å²) < 4.78 is 165. The molecule has 3 aromatic rings. The third kappa shape index (κ3) is 6.06. The monoisotopic (exact) mass is 679 g/mol. The van der Waals surface area contributed by atoms with Gasteiger partial charge in [0.25, 0.3) is 0 Å². The van der Waals surface area contributed by atoms with E-state index in [0.29, 0.717) is 30.3 Å². The molecule has 242 valence electrons. The van der Waals surface area contributed by atoms with Crippen molar-refractivity contribution in [1.29, 1.82) is 21.0 Å². The van der Waals surface area contributed by atoms with Gasteiger partial charge in [0, 0.05) is 16.7 Å². The molecule has 4 rings (SSSR count). The van der Waals surface area contributed by atoms with Gasteiger partial charge < -0.3 is 0 Å². The maximum absolute atomic E-state index is 15.2. The molecule has 0 saturated heterocycles. The largest absolute Gasteiger partial charge is 0.436 e. The minimum absolute atomic E-state index is 0.303. The summed E-state index contributed by atoms with van der Waals surface area (Å²) in [5.41, 5.74) is -13.8. The predicted molar refractivity (Wildman–Crippen MR) is 139 cm³/mol. The highest BCUT2D eigenvalue weighted by atomic mass is 19.4. The van der Waals surface area contributed by atoms with Crippen molar-refractivity contribution in [2.75, 3.05) is 0 Å². The summed E-state index contributed by atoms with van der Waals surface area (Å²) in [6, 6.07) is 8.78. The molecule has 0 bridgehead atoms. The van der Waals surface area contributed by atoms with Crippen LogP contribution in [0.5, 0.6) is 0 Å². The van der Waals surface area contributed by atoms with Gasteiger partial charge in [0.15, 0.2) is 17.3 Å². The van der Waals surface area contributed by atoms with E-state index in [-0.39, 0.29) is 11.1 Å². The second-order valence-corrected chi connectivity index (χ2v) is 9.72. The molecule has 0 N–H and O–H groups in total. The van der Waals surface area contributed by atoms with Crippen LogP contribution >= 0.6 is 0 Å². The summed E-state index contributed by atoms with van der Waals surface area (Å²) in [5, 5.41) is 39.2. The van der Waals surface area contributed by atoms with Crippen molar-refractivity contribution in [3.8, 4) is 24.3 Å². The van der Waals surface area contributed by atoms with E-state index in [1.54, 1.807) is 6.07 Å². The van der Waals surface area contributed by atoms with E-state index in [2.05, 4.69) is 4.98 Å². The average molecular weight is 679 g/mol. The summed E-state index contributed by atoms with van der Waals surface area (Å²) in [4.78, 5) is 2.22. The highest BCUT2D eigenvalue weighted by Crippen LogP contribution is 2.57. The fourth-order valence-corrected chi connectivity index (χ4v) is 4.78. The molecular formula is C31H9F12N5. The van der Waals surface area contributed by atoms with Crippen LogP contribution in [0.2, 0.25) is 0 Å². The van der Waals surface area contributed by atoms with Crippen LogP contribution in [0.3, 0.4) is 0 Å². The second kappa shape index (κ2) is 11.9. The molecular weight excluding hydrogens is 670 g/mol. The average Bonchev–Trinajstić information content (AvgIpc) is 3.73. The highest BCUT2D eigenvalue weighted by Gasteiger charge is 2.45. The Morgan fingerprint density at radius 3 is 1.50 bits per heavy atom. The summed E-state index contributed by atoms with van der Waals surface area (Å²) in [6.07, 6.45) is -15.6. The number of alkyl halides is 9. The van der Waals surface area contributed by atoms with Crippen molar-refractivity contribution in [3.05, 3.63) is 115 Å². The fraction of sp³-hybridized carbons (Fsp3) is 0.129. The van der Waals surface area contributed by atoms with Crippen LogP contribution < -0.4 is 0 Å². The summed E-state index contributed by atoms with van der Waals surface area (Å²) >= 11 is 0. The molecule has 1 fully saturated rings. The molecule has 17 heteroatoms. The van der Waals surface area contributed by atoms with Crippen molar-refractivity contribution in [1.82, 2.24) is 4.98 Å². The van der Waals surface area contributed by atoms with Gasteiger partial charge >= 0.3 is 18.5 Å². The van der Waals surface area contributed by atoms with Gasteiger partial charge in [-0.05, 0) is 47.9 Å². The maximum Gasteiger partial charge on any atom is 0.436 e. The molecule has 0 amide bonds. The summed E-state index contributed by atoms with van der Waals surface area (Å²) in [5.74, 6) is -7.44. The van der Waals surface area contributed by atoms with Crippen molar-refractivity contribution in [2.24, 2.45) is 0 Å². The molecule has 48 heavy (non-hydrogen) atoms. The number of nitriles is 4. The molecule has 1 heterocycles. The molecule has 0 atom stereocenters. The molecule has 1 saturated carbocycles. The zero-order chi connectivity index (χ0) is 36.1. The number of hydrogen-bond donors (Lipinski definition) is 0. The SMILES string of the molecule is C/C(=C1\C(=C(C#N)c2ccc(C(F)(F)F)cc2C#N)\C1=C(\C#N)c1c(F)c(F)nc(C(F)(F)F)c1F)c1ccc(C(F)(F)F)cc1C#N. The highest BCUT2D eigenvalue weighted by molar-refractivity contribution is 6.10. The number of hydrogen-bond acceptors (Lipinski definition) is 5. The van der Waals surface area contributed by atoms with Gasteiger partial charge in [-0.2, -0.15) is 65.0 Å². The van der Waals surface area contributed by atoms with Crippen LogP contribution in [0.15, 0.2) is 53.1 Å². The zero-order valence-electron chi connectivity index (χ0n) is 23.2. The number of aromatic nitrogens is 1.